The van der Waals surface area contributed by atoms with Gasteiger partial charge in [0.05, 0.1) is 25.5 Å². The fraction of sp³-hybridized carbons (Fsp3) is 0.318. The Labute approximate surface area is 168 Å². The number of aromatic hydroxyl groups is 1. The van der Waals surface area contributed by atoms with Gasteiger partial charge < -0.3 is 9.84 Å². The van der Waals surface area contributed by atoms with Gasteiger partial charge >= 0.3 is 5.97 Å². The predicted molar refractivity (Wildman–Crippen MR) is 103 cm³/mol. The van der Waals surface area contributed by atoms with E-state index in [1.54, 1.807) is 29.2 Å². The Morgan fingerprint density at radius 2 is 1.72 bits per heavy atom. The maximum atomic E-state index is 13.1. The number of likely N-dealkylation sites (tertiary alicyclic amines) is 2. The van der Waals surface area contributed by atoms with Crippen molar-refractivity contribution in [1.82, 2.24) is 9.80 Å². The van der Waals surface area contributed by atoms with Crippen LogP contribution < -0.4 is 0 Å². The Morgan fingerprint density at radius 1 is 1.03 bits per heavy atom. The number of fused-ring (bicyclic) bond motifs is 1. The van der Waals surface area contributed by atoms with E-state index >= 15 is 0 Å². The van der Waals surface area contributed by atoms with Crippen molar-refractivity contribution in [1.29, 1.82) is 0 Å². The number of rotatable bonds is 5. The monoisotopic (exact) mass is 394 g/mol. The molecule has 29 heavy (non-hydrogen) atoms. The van der Waals surface area contributed by atoms with Gasteiger partial charge in [0.15, 0.2) is 0 Å². The normalized spacial score (nSPS) is 24.0. The fourth-order valence-corrected chi connectivity index (χ4v) is 4.32. The highest BCUT2D eigenvalue weighted by Gasteiger charge is 2.59. The number of nitrogens with zero attached hydrogens (tertiary/aromatic N) is 2. The fourth-order valence-electron chi connectivity index (χ4n) is 4.32. The molecule has 0 unspecified atom stereocenters. The van der Waals surface area contributed by atoms with E-state index < -0.39 is 23.8 Å². The van der Waals surface area contributed by atoms with E-state index in [1.165, 1.54) is 12.0 Å². The van der Waals surface area contributed by atoms with Gasteiger partial charge in [-0.15, -0.1) is 0 Å². The van der Waals surface area contributed by atoms with Crippen molar-refractivity contribution in [2.45, 2.75) is 19.1 Å². The SMILES string of the molecule is COC(=O)[C@H]1[C@@H]2C(=O)N(Cc3ccccc3)C(=O)[C@@H]2CN1Cc1ccccc1O. The van der Waals surface area contributed by atoms with Crippen molar-refractivity contribution in [2.24, 2.45) is 11.8 Å². The summed E-state index contributed by atoms with van der Waals surface area (Å²) in [4.78, 5) is 41.7. The number of methoxy groups -OCH3 is 1. The highest BCUT2D eigenvalue weighted by Crippen LogP contribution is 2.40. The molecule has 7 nitrogen and oxygen atoms in total. The number of esters is 1. The summed E-state index contributed by atoms with van der Waals surface area (Å²) in [5, 5.41) is 10.1. The van der Waals surface area contributed by atoms with Crippen molar-refractivity contribution in [3.8, 4) is 5.75 Å². The van der Waals surface area contributed by atoms with Crippen LogP contribution >= 0.6 is 0 Å². The van der Waals surface area contributed by atoms with Crippen LogP contribution in [0.4, 0.5) is 0 Å². The third kappa shape index (κ3) is 3.38. The molecule has 2 aromatic carbocycles. The average Bonchev–Trinajstić information content (AvgIpc) is 3.21. The zero-order chi connectivity index (χ0) is 20.5. The number of hydrogen-bond donors (Lipinski definition) is 1. The highest BCUT2D eigenvalue weighted by molar-refractivity contribution is 6.08. The lowest BCUT2D eigenvalue weighted by molar-refractivity contribution is -0.152. The van der Waals surface area contributed by atoms with Gasteiger partial charge in [-0.2, -0.15) is 0 Å². The van der Waals surface area contributed by atoms with E-state index in [4.69, 9.17) is 4.74 Å². The van der Waals surface area contributed by atoms with E-state index in [-0.39, 0.29) is 37.2 Å². The standard InChI is InChI=1S/C22H22N2O5/c1-29-22(28)19-18-16(13-23(19)12-15-9-5-6-10-17(15)25)20(26)24(21(18)27)11-14-7-3-2-4-8-14/h2-10,16,18-19,25H,11-13H2,1H3/t16-,18-,19-/m1/s1. The average molecular weight is 394 g/mol. The molecule has 2 heterocycles. The van der Waals surface area contributed by atoms with Crippen molar-refractivity contribution in [3.05, 3.63) is 65.7 Å². The Morgan fingerprint density at radius 3 is 2.41 bits per heavy atom. The molecule has 2 fully saturated rings. The Kier molecular flexibility index (Phi) is 5.07. The number of amides is 2. The first-order chi connectivity index (χ1) is 14.0. The van der Waals surface area contributed by atoms with Crippen LogP contribution in [-0.2, 0) is 32.2 Å². The lowest BCUT2D eigenvalue weighted by Crippen LogP contribution is -2.45. The molecule has 0 aromatic heterocycles. The molecule has 150 valence electrons. The zero-order valence-electron chi connectivity index (χ0n) is 16.0. The maximum absolute atomic E-state index is 13.1. The summed E-state index contributed by atoms with van der Waals surface area (Å²) >= 11 is 0. The molecule has 2 aliphatic heterocycles. The number of ether oxygens (including phenoxy) is 1. The number of carbonyl (C=O) groups is 3. The summed E-state index contributed by atoms with van der Waals surface area (Å²) in [7, 11) is 1.27. The van der Waals surface area contributed by atoms with Gasteiger partial charge in [0, 0.05) is 18.7 Å². The lowest BCUT2D eigenvalue weighted by atomic mass is 9.93. The second kappa shape index (κ2) is 7.67. The summed E-state index contributed by atoms with van der Waals surface area (Å²) < 4.78 is 4.95. The van der Waals surface area contributed by atoms with Crippen molar-refractivity contribution < 1.29 is 24.2 Å². The molecule has 2 aromatic rings. The number of carbonyl (C=O) groups excluding carboxylic acids is 3. The molecule has 0 spiro atoms. The Balaban J connectivity index is 1.60. The highest BCUT2D eigenvalue weighted by atomic mass is 16.5. The minimum absolute atomic E-state index is 0.108. The molecule has 2 saturated heterocycles. The minimum Gasteiger partial charge on any atom is -0.508 e. The second-order valence-electron chi connectivity index (χ2n) is 7.41. The van der Waals surface area contributed by atoms with E-state index in [2.05, 4.69) is 0 Å². The van der Waals surface area contributed by atoms with Crippen LogP contribution in [0.1, 0.15) is 11.1 Å². The minimum atomic E-state index is -0.859. The number of phenols is 1. The van der Waals surface area contributed by atoms with Gasteiger partial charge in [-0.05, 0) is 11.6 Å². The van der Waals surface area contributed by atoms with Crippen LogP contribution in [0.2, 0.25) is 0 Å². The number of benzene rings is 2. The van der Waals surface area contributed by atoms with Crippen molar-refractivity contribution in [3.63, 3.8) is 0 Å². The van der Waals surface area contributed by atoms with Crippen LogP contribution in [0.25, 0.3) is 0 Å². The lowest BCUT2D eigenvalue weighted by Gasteiger charge is -2.27. The van der Waals surface area contributed by atoms with Gasteiger partial charge in [0.25, 0.3) is 0 Å². The molecule has 1 N–H and O–H groups in total. The molecule has 4 rings (SSSR count). The van der Waals surface area contributed by atoms with Crippen LogP contribution in [0.15, 0.2) is 54.6 Å². The first-order valence-electron chi connectivity index (χ1n) is 9.49. The maximum Gasteiger partial charge on any atom is 0.323 e. The molecule has 2 aliphatic rings. The molecule has 0 radical (unpaired) electrons. The number of para-hydroxylation sites is 1. The van der Waals surface area contributed by atoms with Gasteiger partial charge in [-0.1, -0.05) is 48.5 Å². The van der Waals surface area contributed by atoms with Gasteiger partial charge in [0.2, 0.25) is 11.8 Å². The third-order valence-electron chi connectivity index (χ3n) is 5.72. The summed E-state index contributed by atoms with van der Waals surface area (Å²) in [5.74, 6) is -2.42. The molecule has 0 bridgehead atoms. The van der Waals surface area contributed by atoms with Crippen LogP contribution in [0.5, 0.6) is 5.75 Å². The first-order valence-corrected chi connectivity index (χ1v) is 9.49. The largest absolute Gasteiger partial charge is 0.508 e. The topological polar surface area (TPSA) is 87.2 Å². The van der Waals surface area contributed by atoms with Crippen LogP contribution in [0.3, 0.4) is 0 Å². The van der Waals surface area contributed by atoms with Gasteiger partial charge in [0.1, 0.15) is 11.8 Å². The summed E-state index contributed by atoms with van der Waals surface area (Å²) in [6.07, 6.45) is 0. The van der Waals surface area contributed by atoms with E-state index in [1.807, 2.05) is 30.3 Å². The van der Waals surface area contributed by atoms with Crippen LogP contribution in [-0.4, -0.2) is 52.4 Å². The van der Waals surface area contributed by atoms with E-state index in [0.29, 0.717) is 5.56 Å². The van der Waals surface area contributed by atoms with E-state index in [0.717, 1.165) is 5.56 Å². The summed E-state index contributed by atoms with van der Waals surface area (Å²) in [5.41, 5.74) is 1.48. The van der Waals surface area contributed by atoms with Crippen molar-refractivity contribution >= 4 is 17.8 Å². The zero-order valence-corrected chi connectivity index (χ0v) is 16.0. The quantitative estimate of drug-likeness (QED) is 0.612. The predicted octanol–water partition coefficient (Wildman–Crippen LogP) is 1.55. The molecular formula is C22H22N2O5. The van der Waals surface area contributed by atoms with Crippen molar-refractivity contribution in [2.75, 3.05) is 13.7 Å². The molecule has 3 atom stereocenters. The number of hydrogen-bond acceptors (Lipinski definition) is 6. The molecule has 2 amide bonds. The van der Waals surface area contributed by atoms with Gasteiger partial charge in [-0.3, -0.25) is 24.2 Å². The third-order valence-corrected chi connectivity index (χ3v) is 5.72. The molecule has 7 heteroatoms. The molecular weight excluding hydrogens is 372 g/mol. The second-order valence-corrected chi connectivity index (χ2v) is 7.41. The Bertz CT molecular complexity index is 945. The van der Waals surface area contributed by atoms with E-state index in [9.17, 15) is 19.5 Å². The van der Waals surface area contributed by atoms with Gasteiger partial charge in [-0.25, -0.2) is 0 Å². The summed E-state index contributed by atoms with van der Waals surface area (Å²) in [6.45, 7) is 0.701. The molecule has 0 saturated carbocycles. The smallest absolute Gasteiger partial charge is 0.323 e. The van der Waals surface area contributed by atoms with Crippen LogP contribution in [0, 0.1) is 11.8 Å². The number of phenolic OH excluding ortho intramolecular Hbond substituents is 1. The number of imide groups is 1. The first kappa shape index (κ1) is 19.1. The summed E-state index contributed by atoms with van der Waals surface area (Å²) in [6, 6.07) is 15.3. The molecule has 0 aliphatic carbocycles. The Hall–Kier alpha value is -3.19.